The summed E-state index contributed by atoms with van der Waals surface area (Å²) in [4.78, 5) is 24.6. The number of aryl methyl sites for hydroxylation is 1. The number of hydrogen-bond donors (Lipinski definition) is 1. The van der Waals surface area contributed by atoms with E-state index in [1.807, 2.05) is 36.1 Å². The number of imide groups is 1. The molecule has 1 aromatic carbocycles. The summed E-state index contributed by atoms with van der Waals surface area (Å²) < 4.78 is 0. The minimum atomic E-state index is -0.306. The highest BCUT2D eigenvalue weighted by Gasteiger charge is 2.30. The molecule has 1 unspecified atom stereocenters. The molecule has 4 nitrogen and oxygen atoms in total. The van der Waals surface area contributed by atoms with Crippen molar-refractivity contribution in [3.05, 3.63) is 29.8 Å². The fraction of sp³-hybridized carbons (Fsp3) is 0.333. The fourth-order valence-corrected chi connectivity index (χ4v) is 1.84. The van der Waals surface area contributed by atoms with Crippen molar-refractivity contribution in [3.8, 4) is 0 Å². The molecule has 0 spiro atoms. The van der Waals surface area contributed by atoms with Gasteiger partial charge in [-0.3, -0.25) is 14.9 Å². The van der Waals surface area contributed by atoms with Crippen molar-refractivity contribution in [2.24, 2.45) is 0 Å². The zero-order chi connectivity index (χ0) is 11.7. The monoisotopic (exact) mass is 218 g/mol. The average molecular weight is 218 g/mol. The molecule has 1 saturated heterocycles. The first kappa shape index (κ1) is 10.7. The molecule has 0 aliphatic carbocycles. The summed E-state index contributed by atoms with van der Waals surface area (Å²) in [7, 11) is 0. The maximum absolute atomic E-state index is 11.5. The SMILES string of the molecule is Cc1cccc(N2CC(=O)NC(=O)C2C)c1. The maximum atomic E-state index is 11.5. The van der Waals surface area contributed by atoms with Crippen LogP contribution in [0.3, 0.4) is 0 Å². The molecule has 2 amide bonds. The third-order valence-electron chi connectivity index (χ3n) is 2.76. The van der Waals surface area contributed by atoms with Gasteiger partial charge in [0.2, 0.25) is 11.8 Å². The molecule has 1 heterocycles. The zero-order valence-corrected chi connectivity index (χ0v) is 9.36. The smallest absolute Gasteiger partial charge is 0.249 e. The van der Waals surface area contributed by atoms with Crippen LogP contribution in [-0.2, 0) is 9.59 Å². The standard InChI is InChI=1S/C12H14N2O2/c1-8-4-3-5-10(6-8)14-7-11(15)13-12(16)9(14)2/h3-6,9H,7H2,1-2H3,(H,13,15,16). The molecule has 0 bridgehead atoms. The van der Waals surface area contributed by atoms with E-state index in [4.69, 9.17) is 0 Å². The van der Waals surface area contributed by atoms with Crippen LogP contribution in [0.1, 0.15) is 12.5 Å². The molecule has 1 aliphatic heterocycles. The second-order valence-corrected chi connectivity index (χ2v) is 4.06. The molecular formula is C12H14N2O2. The third kappa shape index (κ3) is 1.91. The number of piperazine rings is 1. The third-order valence-corrected chi connectivity index (χ3v) is 2.76. The summed E-state index contributed by atoms with van der Waals surface area (Å²) in [5, 5.41) is 2.32. The largest absolute Gasteiger partial charge is 0.350 e. The van der Waals surface area contributed by atoms with E-state index in [1.165, 1.54) is 0 Å². The quantitative estimate of drug-likeness (QED) is 0.711. The Kier molecular flexibility index (Phi) is 2.64. The number of rotatable bonds is 1. The van der Waals surface area contributed by atoms with E-state index < -0.39 is 0 Å². The van der Waals surface area contributed by atoms with Gasteiger partial charge in [0.15, 0.2) is 0 Å². The fourth-order valence-electron chi connectivity index (χ4n) is 1.84. The number of anilines is 1. The lowest BCUT2D eigenvalue weighted by Gasteiger charge is -2.33. The lowest BCUT2D eigenvalue weighted by molar-refractivity contribution is -0.132. The molecule has 1 N–H and O–H groups in total. The van der Waals surface area contributed by atoms with Crippen LogP contribution in [-0.4, -0.2) is 24.4 Å². The van der Waals surface area contributed by atoms with E-state index in [9.17, 15) is 9.59 Å². The summed E-state index contributed by atoms with van der Waals surface area (Å²) in [5.41, 5.74) is 2.03. The van der Waals surface area contributed by atoms with Crippen molar-refractivity contribution < 1.29 is 9.59 Å². The normalized spacial score (nSPS) is 20.9. The van der Waals surface area contributed by atoms with Gasteiger partial charge in [-0.1, -0.05) is 12.1 Å². The van der Waals surface area contributed by atoms with Gasteiger partial charge in [-0.05, 0) is 31.5 Å². The summed E-state index contributed by atoms with van der Waals surface area (Å²) in [6.45, 7) is 4.01. The predicted octanol–water partition coefficient (Wildman–Crippen LogP) is 0.846. The molecule has 2 rings (SSSR count). The Labute approximate surface area is 94.2 Å². The second-order valence-electron chi connectivity index (χ2n) is 4.06. The van der Waals surface area contributed by atoms with E-state index in [2.05, 4.69) is 5.32 Å². The van der Waals surface area contributed by atoms with E-state index in [1.54, 1.807) is 6.92 Å². The highest BCUT2D eigenvalue weighted by Crippen LogP contribution is 2.19. The zero-order valence-electron chi connectivity index (χ0n) is 9.36. The first-order valence-corrected chi connectivity index (χ1v) is 5.25. The van der Waals surface area contributed by atoms with E-state index in [-0.39, 0.29) is 24.4 Å². The first-order valence-electron chi connectivity index (χ1n) is 5.25. The molecule has 16 heavy (non-hydrogen) atoms. The van der Waals surface area contributed by atoms with E-state index in [0.717, 1.165) is 11.3 Å². The Balaban J connectivity index is 2.32. The number of carbonyl (C=O) groups is 2. The molecule has 1 fully saturated rings. The van der Waals surface area contributed by atoms with Crippen molar-refractivity contribution in [1.82, 2.24) is 5.32 Å². The van der Waals surface area contributed by atoms with Crippen LogP contribution in [0.15, 0.2) is 24.3 Å². The van der Waals surface area contributed by atoms with Crippen LogP contribution in [0.5, 0.6) is 0 Å². The van der Waals surface area contributed by atoms with Crippen LogP contribution in [0, 0.1) is 6.92 Å². The van der Waals surface area contributed by atoms with E-state index in [0.29, 0.717) is 0 Å². The first-order chi connectivity index (χ1) is 7.58. The van der Waals surface area contributed by atoms with Gasteiger partial charge < -0.3 is 4.90 Å². The van der Waals surface area contributed by atoms with Crippen LogP contribution in [0.2, 0.25) is 0 Å². The van der Waals surface area contributed by atoms with Crippen LogP contribution >= 0.6 is 0 Å². The molecule has 84 valence electrons. The average Bonchev–Trinajstić information content (AvgIpc) is 2.23. The van der Waals surface area contributed by atoms with Crippen LogP contribution in [0.25, 0.3) is 0 Å². The van der Waals surface area contributed by atoms with Crippen molar-refractivity contribution in [2.75, 3.05) is 11.4 Å². The Bertz CT molecular complexity index is 442. The minimum absolute atomic E-state index is 0.232. The Morgan fingerprint density at radius 1 is 1.38 bits per heavy atom. The van der Waals surface area contributed by atoms with Crippen molar-refractivity contribution >= 4 is 17.5 Å². The lowest BCUT2D eigenvalue weighted by atomic mass is 10.1. The number of nitrogens with one attached hydrogen (secondary N) is 1. The van der Waals surface area contributed by atoms with Gasteiger partial charge in [-0.15, -0.1) is 0 Å². The predicted molar refractivity (Wildman–Crippen MR) is 61.1 cm³/mol. The molecule has 1 aromatic rings. The van der Waals surface area contributed by atoms with Gasteiger partial charge in [0.1, 0.15) is 6.04 Å². The number of carbonyl (C=O) groups excluding carboxylic acids is 2. The van der Waals surface area contributed by atoms with Gasteiger partial charge in [0.25, 0.3) is 0 Å². The Hall–Kier alpha value is -1.84. The highest BCUT2D eigenvalue weighted by atomic mass is 16.2. The highest BCUT2D eigenvalue weighted by molar-refractivity contribution is 6.04. The van der Waals surface area contributed by atoms with Crippen LogP contribution in [0.4, 0.5) is 5.69 Å². The molecule has 1 aliphatic rings. The van der Waals surface area contributed by atoms with Gasteiger partial charge in [0.05, 0.1) is 6.54 Å². The molecular weight excluding hydrogens is 204 g/mol. The van der Waals surface area contributed by atoms with Crippen molar-refractivity contribution in [1.29, 1.82) is 0 Å². The summed E-state index contributed by atoms with van der Waals surface area (Å²) in [6, 6.07) is 7.49. The van der Waals surface area contributed by atoms with Gasteiger partial charge in [0, 0.05) is 5.69 Å². The Morgan fingerprint density at radius 3 is 2.81 bits per heavy atom. The maximum Gasteiger partial charge on any atom is 0.249 e. The van der Waals surface area contributed by atoms with Gasteiger partial charge in [-0.2, -0.15) is 0 Å². The second kappa shape index (κ2) is 3.96. The minimum Gasteiger partial charge on any atom is -0.350 e. The number of amides is 2. The van der Waals surface area contributed by atoms with Crippen molar-refractivity contribution in [2.45, 2.75) is 19.9 Å². The molecule has 0 aromatic heterocycles. The Morgan fingerprint density at radius 2 is 2.12 bits per heavy atom. The number of hydrogen-bond acceptors (Lipinski definition) is 3. The molecule has 4 heteroatoms. The number of nitrogens with zero attached hydrogens (tertiary/aromatic N) is 1. The molecule has 0 radical (unpaired) electrons. The molecule has 0 saturated carbocycles. The number of benzene rings is 1. The summed E-state index contributed by atoms with van der Waals surface area (Å²) in [6.07, 6.45) is 0. The molecule has 1 atom stereocenters. The van der Waals surface area contributed by atoms with Gasteiger partial charge >= 0.3 is 0 Å². The summed E-state index contributed by atoms with van der Waals surface area (Å²) in [5.74, 6) is -0.484. The van der Waals surface area contributed by atoms with Gasteiger partial charge in [-0.25, -0.2) is 0 Å². The topological polar surface area (TPSA) is 49.4 Å². The van der Waals surface area contributed by atoms with E-state index >= 15 is 0 Å². The summed E-state index contributed by atoms with van der Waals surface area (Å²) >= 11 is 0. The van der Waals surface area contributed by atoms with Crippen molar-refractivity contribution in [3.63, 3.8) is 0 Å². The lowest BCUT2D eigenvalue weighted by Crippen LogP contribution is -2.57. The van der Waals surface area contributed by atoms with Crippen LogP contribution < -0.4 is 10.2 Å².